The van der Waals surface area contributed by atoms with E-state index in [1.54, 1.807) is 0 Å². The molecule has 0 aliphatic heterocycles. The maximum Gasteiger partial charge on any atom is 0.0758 e. The standard InChI is InChI=1S/C16H15N3S/c1-12-10-14(20-11-12)3-4-15-16-5-2-13(6-7-17)19(16)9-8-18-15/h2,5,8-11H,3-4,6H2,1H3. The molecule has 3 rings (SSSR count). The molecule has 0 aliphatic rings. The fraction of sp³-hybridized carbons (Fsp3) is 0.250. The van der Waals surface area contributed by atoms with E-state index < -0.39 is 0 Å². The summed E-state index contributed by atoms with van der Waals surface area (Å²) in [5.41, 5.74) is 4.57. The first kappa shape index (κ1) is 12.9. The second kappa shape index (κ2) is 5.48. The molecular formula is C16H15N3S. The van der Waals surface area contributed by atoms with Gasteiger partial charge in [0.2, 0.25) is 0 Å². The Morgan fingerprint density at radius 3 is 3.00 bits per heavy atom. The average molecular weight is 281 g/mol. The average Bonchev–Trinajstić information content (AvgIpc) is 3.04. The van der Waals surface area contributed by atoms with Crippen molar-refractivity contribution >= 4 is 16.9 Å². The second-order valence-electron chi connectivity index (χ2n) is 4.88. The summed E-state index contributed by atoms with van der Waals surface area (Å²) in [6.07, 6.45) is 6.13. The lowest BCUT2D eigenvalue weighted by atomic mass is 10.2. The van der Waals surface area contributed by atoms with Crippen LogP contribution >= 0.6 is 11.3 Å². The van der Waals surface area contributed by atoms with Crippen molar-refractivity contribution in [3.05, 3.63) is 57.8 Å². The number of aromatic nitrogens is 2. The number of rotatable bonds is 4. The normalized spacial score (nSPS) is 10.8. The first-order chi connectivity index (χ1) is 9.78. The van der Waals surface area contributed by atoms with Gasteiger partial charge in [-0.05, 0) is 48.9 Å². The van der Waals surface area contributed by atoms with Gasteiger partial charge in [-0.15, -0.1) is 11.3 Å². The minimum Gasteiger partial charge on any atom is -0.317 e. The van der Waals surface area contributed by atoms with E-state index in [1.165, 1.54) is 10.4 Å². The highest BCUT2D eigenvalue weighted by Gasteiger charge is 2.07. The minimum absolute atomic E-state index is 0.432. The zero-order chi connectivity index (χ0) is 13.9. The number of thiophene rings is 1. The zero-order valence-corrected chi connectivity index (χ0v) is 12.2. The lowest BCUT2D eigenvalue weighted by Crippen LogP contribution is -1.99. The van der Waals surface area contributed by atoms with Crippen molar-refractivity contribution in [2.45, 2.75) is 26.2 Å². The van der Waals surface area contributed by atoms with Crippen LogP contribution in [0.15, 0.2) is 36.0 Å². The van der Waals surface area contributed by atoms with Gasteiger partial charge in [0.1, 0.15) is 0 Å². The molecular weight excluding hydrogens is 266 g/mol. The molecule has 0 radical (unpaired) electrons. The number of hydrogen-bond donors (Lipinski definition) is 0. The molecule has 3 nitrogen and oxygen atoms in total. The predicted octanol–water partition coefficient (Wildman–Crippen LogP) is 3.56. The quantitative estimate of drug-likeness (QED) is 0.733. The van der Waals surface area contributed by atoms with Crippen LogP contribution in [-0.4, -0.2) is 9.38 Å². The first-order valence-corrected chi connectivity index (χ1v) is 7.50. The van der Waals surface area contributed by atoms with Crippen LogP contribution in [0.1, 0.15) is 21.8 Å². The molecule has 0 saturated heterocycles. The smallest absolute Gasteiger partial charge is 0.0758 e. The van der Waals surface area contributed by atoms with Gasteiger partial charge in [0.05, 0.1) is 23.7 Å². The van der Waals surface area contributed by atoms with Crippen molar-refractivity contribution in [1.29, 1.82) is 5.26 Å². The summed E-state index contributed by atoms with van der Waals surface area (Å²) in [6, 6.07) is 8.52. The number of hydrogen-bond acceptors (Lipinski definition) is 3. The SMILES string of the molecule is Cc1csc(CCc2nccn3c(CC#N)ccc23)c1. The van der Waals surface area contributed by atoms with Gasteiger partial charge >= 0.3 is 0 Å². The summed E-state index contributed by atoms with van der Waals surface area (Å²) in [7, 11) is 0. The van der Waals surface area contributed by atoms with E-state index >= 15 is 0 Å². The highest BCUT2D eigenvalue weighted by molar-refractivity contribution is 7.10. The summed E-state index contributed by atoms with van der Waals surface area (Å²) in [5.74, 6) is 0. The van der Waals surface area contributed by atoms with Gasteiger partial charge in [0.25, 0.3) is 0 Å². The molecule has 0 unspecified atom stereocenters. The number of aryl methyl sites for hydroxylation is 3. The maximum atomic E-state index is 8.84. The van der Waals surface area contributed by atoms with Gasteiger partial charge < -0.3 is 4.40 Å². The largest absolute Gasteiger partial charge is 0.317 e. The molecule has 0 amide bonds. The molecule has 0 aliphatic carbocycles. The fourth-order valence-corrected chi connectivity index (χ4v) is 3.32. The van der Waals surface area contributed by atoms with Crippen LogP contribution in [-0.2, 0) is 19.3 Å². The van der Waals surface area contributed by atoms with Crippen LogP contribution in [0.4, 0.5) is 0 Å². The summed E-state index contributed by atoms with van der Waals surface area (Å²) in [5, 5.41) is 11.0. The van der Waals surface area contributed by atoms with E-state index in [0.29, 0.717) is 6.42 Å². The van der Waals surface area contributed by atoms with Gasteiger partial charge in [0, 0.05) is 23.0 Å². The Morgan fingerprint density at radius 2 is 2.25 bits per heavy atom. The van der Waals surface area contributed by atoms with E-state index in [2.05, 4.69) is 39.9 Å². The van der Waals surface area contributed by atoms with Crippen LogP contribution in [0.2, 0.25) is 0 Å². The van der Waals surface area contributed by atoms with Gasteiger partial charge in [-0.2, -0.15) is 5.26 Å². The fourth-order valence-electron chi connectivity index (χ4n) is 2.44. The monoisotopic (exact) mass is 281 g/mol. The van der Waals surface area contributed by atoms with Gasteiger partial charge in [-0.3, -0.25) is 4.98 Å². The Labute approximate surface area is 122 Å². The highest BCUT2D eigenvalue weighted by atomic mass is 32.1. The summed E-state index contributed by atoms with van der Waals surface area (Å²) in [4.78, 5) is 5.90. The van der Waals surface area contributed by atoms with Crippen molar-refractivity contribution in [2.24, 2.45) is 0 Å². The molecule has 0 bridgehead atoms. The number of fused-ring (bicyclic) bond motifs is 1. The molecule has 0 spiro atoms. The molecule has 0 fully saturated rings. The Balaban J connectivity index is 1.86. The number of nitrogens with zero attached hydrogens (tertiary/aromatic N) is 3. The molecule has 0 atom stereocenters. The van der Waals surface area contributed by atoms with Crippen LogP contribution in [0.3, 0.4) is 0 Å². The molecule has 0 saturated carbocycles. The van der Waals surface area contributed by atoms with Crippen molar-refractivity contribution in [3.63, 3.8) is 0 Å². The van der Waals surface area contributed by atoms with Crippen molar-refractivity contribution in [2.75, 3.05) is 0 Å². The van der Waals surface area contributed by atoms with Gasteiger partial charge in [0.15, 0.2) is 0 Å². The number of nitriles is 1. The first-order valence-electron chi connectivity index (χ1n) is 6.62. The third kappa shape index (κ3) is 2.45. The van der Waals surface area contributed by atoms with Crippen LogP contribution in [0, 0.1) is 18.3 Å². The van der Waals surface area contributed by atoms with Crippen molar-refractivity contribution in [3.8, 4) is 6.07 Å². The minimum atomic E-state index is 0.432. The summed E-state index contributed by atoms with van der Waals surface area (Å²) in [6.45, 7) is 2.13. The van der Waals surface area contributed by atoms with E-state index in [1.807, 2.05) is 29.8 Å². The molecule has 3 aromatic heterocycles. The molecule has 20 heavy (non-hydrogen) atoms. The van der Waals surface area contributed by atoms with Crippen molar-refractivity contribution < 1.29 is 0 Å². The van der Waals surface area contributed by atoms with E-state index in [4.69, 9.17) is 5.26 Å². The van der Waals surface area contributed by atoms with E-state index in [0.717, 1.165) is 29.7 Å². The molecule has 0 aromatic carbocycles. The van der Waals surface area contributed by atoms with Crippen molar-refractivity contribution in [1.82, 2.24) is 9.38 Å². The van der Waals surface area contributed by atoms with Crippen LogP contribution in [0.5, 0.6) is 0 Å². The lowest BCUT2D eigenvalue weighted by molar-refractivity contribution is 0.911. The highest BCUT2D eigenvalue weighted by Crippen LogP contribution is 2.19. The van der Waals surface area contributed by atoms with Crippen LogP contribution < -0.4 is 0 Å². The van der Waals surface area contributed by atoms with E-state index in [-0.39, 0.29) is 0 Å². The second-order valence-corrected chi connectivity index (χ2v) is 5.87. The molecule has 0 N–H and O–H groups in total. The van der Waals surface area contributed by atoms with Crippen LogP contribution in [0.25, 0.3) is 5.52 Å². The topological polar surface area (TPSA) is 41.1 Å². The summed E-state index contributed by atoms with van der Waals surface area (Å²) >= 11 is 1.81. The van der Waals surface area contributed by atoms with Gasteiger partial charge in [-0.25, -0.2) is 0 Å². The molecule has 3 aromatic rings. The Bertz CT molecular complexity index is 776. The lowest BCUT2D eigenvalue weighted by Gasteiger charge is -2.04. The maximum absolute atomic E-state index is 8.84. The third-order valence-corrected chi connectivity index (χ3v) is 4.51. The molecule has 4 heteroatoms. The van der Waals surface area contributed by atoms with Gasteiger partial charge in [-0.1, -0.05) is 0 Å². The Hall–Kier alpha value is -2.12. The zero-order valence-electron chi connectivity index (χ0n) is 11.3. The Kier molecular flexibility index (Phi) is 3.53. The molecule has 3 heterocycles. The predicted molar refractivity (Wildman–Crippen MR) is 81.0 cm³/mol. The Morgan fingerprint density at radius 1 is 1.35 bits per heavy atom. The third-order valence-electron chi connectivity index (χ3n) is 3.40. The summed E-state index contributed by atoms with van der Waals surface area (Å²) < 4.78 is 2.07. The molecule has 100 valence electrons. The van der Waals surface area contributed by atoms with E-state index in [9.17, 15) is 0 Å².